The third kappa shape index (κ3) is 5.52. The Morgan fingerprint density at radius 1 is 1.29 bits per heavy atom. The summed E-state index contributed by atoms with van der Waals surface area (Å²) in [7, 11) is 1.43. The van der Waals surface area contributed by atoms with Gasteiger partial charge in [-0.2, -0.15) is 12.6 Å². The molecule has 1 fully saturated rings. The summed E-state index contributed by atoms with van der Waals surface area (Å²) in [6.07, 6.45) is 4.63. The van der Waals surface area contributed by atoms with Crippen LogP contribution in [-0.2, 0) is 8.85 Å². The Bertz CT molecular complexity index is 293. The van der Waals surface area contributed by atoms with E-state index < -0.39 is 8.56 Å². The van der Waals surface area contributed by atoms with Crippen LogP contribution < -0.4 is 5.32 Å². The zero-order chi connectivity index (χ0) is 15.9. The van der Waals surface area contributed by atoms with Gasteiger partial charge < -0.3 is 14.2 Å². The Kier molecular flexibility index (Phi) is 8.82. The van der Waals surface area contributed by atoms with E-state index in [-0.39, 0.29) is 0 Å². The predicted molar refractivity (Wildman–Crippen MR) is 95.4 cm³/mol. The van der Waals surface area contributed by atoms with Crippen LogP contribution in [0.5, 0.6) is 0 Å². The molecule has 21 heavy (non-hydrogen) atoms. The highest BCUT2D eigenvalue weighted by molar-refractivity contribution is 7.80. The summed E-state index contributed by atoms with van der Waals surface area (Å²) in [5.41, 5.74) is 0.399. The fraction of sp³-hybridized carbons (Fsp3) is 1.00. The highest BCUT2D eigenvalue weighted by Gasteiger charge is 2.44. The summed E-state index contributed by atoms with van der Waals surface area (Å²) in [4.78, 5) is 2.60. The van der Waals surface area contributed by atoms with Gasteiger partial charge in [-0.25, -0.2) is 0 Å². The molecule has 0 aromatic heterocycles. The molecule has 126 valence electrons. The van der Waals surface area contributed by atoms with Crippen molar-refractivity contribution >= 4 is 21.2 Å². The summed E-state index contributed by atoms with van der Waals surface area (Å²) in [6.45, 7) is 9.89. The van der Waals surface area contributed by atoms with Crippen LogP contribution in [0.25, 0.3) is 0 Å². The van der Waals surface area contributed by atoms with Crippen LogP contribution in [-0.4, -0.2) is 64.3 Å². The zero-order valence-corrected chi connectivity index (χ0v) is 16.3. The predicted octanol–water partition coefficient (Wildman–Crippen LogP) is 2.43. The molecular formula is C15H34N2O2SSi. The number of hydrogen-bond donors (Lipinski definition) is 2. The van der Waals surface area contributed by atoms with Crippen LogP contribution >= 0.6 is 12.6 Å². The number of hydrogen-bond acceptors (Lipinski definition) is 5. The lowest BCUT2D eigenvalue weighted by atomic mass is 10.1. The van der Waals surface area contributed by atoms with Crippen LogP contribution in [0.4, 0.5) is 0 Å². The van der Waals surface area contributed by atoms with Crippen LogP contribution in [0.15, 0.2) is 0 Å². The molecular weight excluding hydrogens is 300 g/mol. The summed E-state index contributed by atoms with van der Waals surface area (Å²) in [5, 5.41) is 3.96. The van der Waals surface area contributed by atoms with Gasteiger partial charge in [0.1, 0.15) is 0 Å². The Morgan fingerprint density at radius 2 is 1.95 bits per heavy atom. The minimum absolute atomic E-state index is 0.399. The average Bonchev–Trinajstić information content (AvgIpc) is 2.49. The zero-order valence-electron chi connectivity index (χ0n) is 14.4. The molecule has 4 nitrogen and oxygen atoms in total. The van der Waals surface area contributed by atoms with Crippen molar-refractivity contribution in [1.29, 1.82) is 0 Å². The maximum absolute atomic E-state index is 5.87. The van der Waals surface area contributed by atoms with Gasteiger partial charge in [0.2, 0.25) is 0 Å². The first kappa shape index (κ1) is 19.5. The third-order valence-corrected chi connectivity index (χ3v) is 8.73. The maximum atomic E-state index is 5.87. The number of piperazine rings is 1. The van der Waals surface area contributed by atoms with Gasteiger partial charge in [-0.3, -0.25) is 4.90 Å². The van der Waals surface area contributed by atoms with E-state index in [1.54, 1.807) is 14.2 Å². The highest BCUT2D eigenvalue weighted by atomic mass is 32.1. The molecule has 0 aromatic carbocycles. The average molecular weight is 335 g/mol. The number of rotatable bonds is 9. The first-order chi connectivity index (χ1) is 9.98. The molecule has 0 bridgehead atoms. The molecule has 1 aliphatic heterocycles. The van der Waals surface area contributed by atoms with Crippen molar-refractivity contribution in [2.24, 2.45) is 0 Å². The summed E-state index contributed by atoms with van der Waals surface area (Å²) in [6, 6.07) is 0.533. The van der Waals surface area contributed by atoms with Crippen LogP contribution in [0, 0.1) is 0 Å². The van der Waals surface area contributed by atoms with E-state index in [0.29, 0.717) is 17.0 Å². The van der Waals surface area contributed by atoms with Gasteiger partial charge >= 0.3 is 8.56 Å². The normalized spacial score (nSPS) is 24.0. The first-order valence-corrected chi connectivity index (χ1v) is 11.1. The Labute approximate surface area is 137 Å². The molecule has 1 rings (SSSR count). The molecule has 1 heterocycles. The molecule has 3 unspecified atom stereocenters. The van der Waals surface area contributed by atoms with Crippen molar-refractivity contribution in [2.45, 2.75) is 63.0 Å². The van der Waals surface area contributed by atoms with E-state index in [2.05, 4.69) is 30.6 Å². The summed E-state index contributed by atoms with van der Waals surface area (Å²) < 4.78 is 11.7. The van der Waals surface area contributed by atoms with E-state index in [0.717, 1.165) is 32.5 Å². The molecule has 0 amide bonds. The fourth-order valence-electron chi connectivity index (χ4n) is 3.23. The largest absolute Gasteiger partial charge is 0.397 e. The number of nitrogens with one attached hydrogen (secondary N) is 1. The summed E-state index contributed by atoms with van der Waals surface area (Å²) in [5.74, 6) is 0. The van der Waals surface area contributed by atoms with Crippen molar-refractivity contribution in [3.05, 3.63) is 0 Å². The lowest BCUT2D eigenvalue weighted by molar-refractivity contribution is 0.105. The van der Waals surface area contributed by atoms with Crippen LogP contribution in [0.3, 0.4) is 0 Å². The Hall–Kier alpha value is 0.407. The van der Waals surface area contributed by atoms with Crippen LogP contribution in [0.1, 0.15) is 39.5 Å². The quantitative estimate of drug-likeness (QED) is 0.501. The van der Waals surface area contributed by atoms with Gasteiger partial charge in [-0.15, -0.1) is 0 Å². The van der Waals surface area contributed by atoms with Crippen molar-refractivity contribution in [3.63, 3.8) is 0 Å². The van der Waals surface area contributed by atoms with E-state index >= 15 is 0 Å². The van der Waals surface area contributed by atoms with Crippen LogP contribution in [0.2, 0.25) is 6.55 Å². The molecule has 0 aliphatic carbocycles. The topological polar surface area (TPSA) is 33.7 Å². The van der Waals surface area contributed by atoms with Gasteiger partial charge in [0.15, 0.2) is 0 Å². The van der Waals surface area contributed by atoms with Crippen molar-refractivity contribution < 1.29 is 8.85 Å². The van der Waals surface area contributed by atoms with E-state index in [1.165, 1.54) is 12.8 Å². The molecule has 6 heteroatoms. The highest BCUT2D eigenvalue weighted by Crippen LogP contribution is 2.26. The van der Waals surface area contributed by atoms with E-state index in [9.17, 15) is 0 Å². The molecule has 0 spiro atoms. The lowest BCUT2D eigenvalue weighted by Gasteiger charge is -2.45. The van der Waals surface area contributed by atoms with Crippen molar-refractivity contribution in [3.8, 4) is 0 Å². The third-order valence-electron chi connectivity index (χ3n) is 4.76. The lowest BCUT2D eigenvalue weighted by Crippen LogP contribution is -2.64. The number of thiol groups is 1. The van der Waals surface area contributed by atoms with Gasteiger partial charge in [0, 0.05) is 45.1 Å². The Balaban J connectivity index is 2.78. The van der Waals surface area contributed by atoms with E-state index in [1.807, 2.05) is 0 Å². The standard InChI is InChI=1S/C15H34N2O2SSi/c1-6-7-14(20)8-9-15(21(5,18-3)19-4)17-11-10-16-12-13(17)2/h13-16,20H,6-12H2,1-5H3. The second-order valence-corrected chi connectivity index (χ2v) is 10.5. The van der Waals surface area contributed by atoms with Crippen molar-refractivity contribution in [2.75, 3.05) is 33.9 Å². The first-order valence-electron chi connectivity index (χ1n) is 8.23. The fourth-order valence-corrected chi connectivity index (χ4v) is 6.03. The SMILES string of the molecule is CCCC(S)CCC(N1CCNCC1C)[Si](C)(OC)OC. The Morgan fingerprint density at radius 3 is 2.48 bits per heavy atom. The number of nitrogens with zero attached hydrogens (tertiary/aromatic N) is 1. The second-order valence-electron chi connectivity index (χ2n) is 6.25. The monoisotopic (exact) mass is 334 g/mol. The molecule has 3 atom stereocenters. The summed E-state index contributed by atoms with van der Waals surface area (Å²) >= 11 is 4.73. The molecule has 0 radical (unpaired) electrons. The second kappa shape index (κ2) is 9.52. The molecule has 1 saturated heterocycles. The molecule has 1 aliphatic rings. The minimum Gasteiger partial charge on any atom is -0.397 e. The van der Waals surface area contributed by atoms with E-state index in [4.69, 9.17) is 21.5 Å². The minimum atomic E-state index is -2.18. The van der Waals surface area contributed by atoms with Gasteiger partial charge in [-0.05, 0) is 32.7 Å². The van der Waals surface area contributed by atoms with Gasteiger partial charge in [-0.1, -0.05) is 13.3 Å². The molecule has 1 N–H and O–H groups in total. The van der Waals surface area contributed by atoms with Gasteiger partial charge in [0.05, 0.1) is 5.67 Å². The van der Waals surface area contributed by atoms with Crippen molar-refractivity contribution in [1.82, 2.24) is 10.2 Å². The van der Waals surface area contributed by atoms with Gasteiger partial charge in [0.25, 0.3) is 0 Å². The molecule has 0 saturated carbocycles. The molecule has 0 aromatic rings. The maximum Gasteiger partial charge on any atom is 0.352 e. The smallest absolute Gasteiger partial charge is 0.352 e.